The standard InChI is InChI=1S/C10H14N2O3/c1-2-15-6-7-9(10(13)14)8-4-3-5-12(8)11-7/h2-6H2,1H3,(H,13,14). The Hall–Kier alpha value is -1.36. The van der Waals surface area contributed by atoms with Gasteiger partial charge >= 0.3 is 5.97 Å². The maximum Gasteiger partial charge on any atom is 0.339 e. The number of carboxylic acid groups (broad SMARTS) is 1. The number of carbonyl (C=O) groups is 1. The summed E-state index contributed by atoms with van der Waals surface area (Å²) in [5.74, 6) is -0.896. The van der Waals surface area contributed by atoms with Crippen LogP contribution in [0.1, 0.15) is 35.1 Å². The molecule has 1 aliphatic heterocycles. The lowest BCUT2D eigenvalue weighted by atomic mass is 10.1. The van der Waals surface area contributed by atoms with Crippen molar-refractivity contribution in [3.8, 4) is 0 Å². The molecule has 1 N–H and O–H groups in total. The van der Waals surface area contributed by atoms with E-state index >= 15 is 0 Å². The summed E-state index contributed by atoms with van der Waals surface area (Å²) in [5, 5.41) is 13.4. The van der Waals surface area contributed by atoms with E-state index in [-0.39, 0.29) is 6.61 Å². The molecule has 0 aromatic carbocycles. The van der Waals surface area contributed by atoms with E-state index in [0.717, 1.165) is 25.1 Å². The van der Waals surface area contributed by atoms with Gasteiger partial charge in [-0.2, -0.15) is 5.10 Å². The van der Waals surface area contributed by atoms with E-state index in [2.05, 4.69) is 5.10 Å². The van der Waals surface area contributed by atoms with Crippen molar-refractivity contribution in [3.05, 3.63) is 17.0 Å². The summed E-state index contributed by atoms with van der Waals surface area (Å²) in [7, 11) is 0. The summed E-state index contributed by atoms with van der Waals surface area (Å²) in [6, 6.07) is 0. The minimum atomic E-state index is -0.896. The first-order valence-electron chi connectivity index (χ1n) is 5.13. The lowest BCUT2D eigenvalue weighted by Gasteiger charge is -1.99. The first-order valence-corrected chi connectivity index (χ1v) is 5.13. The molecular formula is C10H14N2O3. The van der Waals surface area contributed by atoms with Crippen LogP contribution >= 0.6 is 0 Å². The van der Waals surface area contributed by atoms with E-state index < -0.39 is 5.97 Å². The summed E-state index contributed by atoms with van der Waals surface area (Å²) in [4.78, 5) is 11.1. The van der Waals surface area contributed by atoms with Crippen LogP contribution < -0.4 is 0 Å². The number of nitrogens with zero attached hydrogens (tertiary/aromatic N) is 2. The van der Waals surface area contributed by atoms with E-state index in [1.54, 1.807) is 4.68 Å². The Morgan fingerprint density at radius 1 is 1.67 bits per heavy atom. The molecule has 1 aliphatic rings. The maximum atomic E-state index is 11.1. The first-order chi connectivity index (χ1) is 7.24. The third-order valence-electron chi connectivity index (χ3n) is 2.57. The number of aromatic carboxylic acids is 1. The number of aromatic nitrogens is 2. The molecule has 0 aliphatic carbocycles. The highest BCUT2D eigenvalue weighted by Gasteiger charge is 2.25. The molecule has 5 nitrogen and oxygen atoms in total. The van der Waals surface area contributed by atoms with E-state index in [0.29, 0.717) is 17.9 Å². The van der Waals surface area contributed by atoms with E-state index in [9.17, 15) is 4.79 Å². The van der Waals surface area contributed by atoms with Gasteiger partial charge in [0.15, 0.2) is 0 Å². The van der Waals surface area contributed by atoms with Crippen molar-refractivity contribution >= 4 is 5.97 Å². The van der Waals surface area contributed by atoms with Crippen molar-refractivity contribution in [2.45, 2.75) is 32.9 Å². The Kier molecular flexibility index (Phi) is 2.73. The molecule has 5 heteroatoms. The van der Waals surface area contributed by atoms with Crippen molar-refractivity contribution in [3.63, 3.8) is 0 Å². The van der Waals surface area contributed by atoms with Crippen LogP contribution in [0, 0.1) is 0 Å². The Balaban J connectivity index is 2.33. The van der Waals surface area contributed by atoms with Gasteiger partial charge in [0.25, 0.3) is 0 Å². The van der Waals surface area contributed by atoms with Crippen LogP contribution in [-0.2, 0) is 24.3 Å². The second-order valence-electron chi connectivity index (χ2n) is 3.54. The lowest BCUT2D eigenvalue weighted by Crippen LogP contribution is -2.04. The van der Waals surface area contributed by atoms with Crippen LogP contribution in [0.25, 0.3) is 0 Å². The third kappa shape index (κ3) is 1.74. The fourth-order valence-corrected chi connectivity index (χ4v) is 1.93. The molecule has 2 rings (SSSR count). The quantitative estimate of drug-likeness (QED) is 0.807. The maximum absolute atomic E-state index is 11.1. The van der Waals surface area contributed by atoms with Crippen molar-refractivity contribution in [2.75, 3.05) is 6.61 Å². The van der Waals surface area contributed by atoms with Crippen LogP contribution in [0.5, 0.6) is 0 Å². The minimum Gasteiger partial charge on any atom is -0.478 e. The van der Waals surface area contributed by atoms with Gasteiger partial charge in [-0.25, -0.2) is 4.79 Å². The van der Waals surface area contributed by atoms with Gasteiger partial charge in [0, 0.05) is 13.2 Å². The molecule has 0 radical (unpaired) electrons. The fraction of sp³-hybridized carbons (Fsp3) is 0.600. The average molecular weight is 210 g/mol. The average Bonchev–Trinajstić information content (AvgIpc) is 2.72. The Morgan fingerprint density at radius 2 is 2.47 bits per heavy atom. The van der Waals surface area contributed by atoms with Crippen LogP contribution in [0.2, 0.25) is 0 Å². The fourth-order valence-electron chi connectivity index (χ4n) is 1.93. The SMILES string of the molecule is CCOCc1nn2c(c1C(=O)O)CCC2. The zero-order valence-corrected chi connectivity index (χ0v) is 8.69. The van der Waals surface area contributed by atoms with E-state index in [4.69, 9.17) is 9.84 Å². The van der Waals surface area contributed by atoms with Gasteiger partial charge in [0.1, 0.15) is 11.3 Å². The molecule has 0 unspecified atom stereocenters. The molecule has 0 saturated heterocycles. The summed E-state index contributed by atoms with van der Waals surface area (Å²) in [5.41, 5.74) is 1.75. The van der Waals surface area contributed by atoms with Crippen LogP contribution in [0.3, 0.4) is 0 Å². The normalized spacial score (nSPS) is 14.2. The van der Waals surface area contributed by atoms with E-state index in [1.165, 1.54) is 0 Å². The van der Waals surface area contributed by atoms with Gasteiger partial charge in [0.05, 0.1) is 12.3 Å². The Morgan fingerprint density at radius 3 is 3.13 bits per heavy atom. The molecule has 1 aromatic rings. The van der Waals surface area contributed by atoms with Crippen molar-refractivity contribution in [2.24, 2.45) is 0 Å². The third-order valence-corrected chi connectivity index (χ3v) is 2.57. The molecule has 0 amide bonds. The Labute approximate surface area is 87.7 Å². The summed E-state index contributed by atoms with van der Waals surface area (Å²) in [6.07, 6.45) is 1.79. The molecule has 2 heterocycles. The molecule has 0 spiro atoms. The van der Waals surface area contributed by atoms with Crippen LogP contribution in [0.4, 0.5) is 0 Å². The molecule has 0 saturated carbocycles. The number of aryl methyl sites for hydroxylation is 1. The number of carboxylic acids is 1. The predicted molar refractivity (Wildman–Crippen MR) is 52.8 cm³/mol. The molecule has 0 fully saturated rings. The topological polar surface area (TPSA) is 64.4 Å². The van der Waals surface area contributed by atoms with Crippen molar-refractivity contribution < 1.29 is 14.6 Å². The number of hydrogen-bond donors (Lipinski definition) is 1. The highest BCUT2D eigenvalue weighted by molar-refractivity contribution is 5.90. The highest BCUT2D eigenvalue weighted by atomic mass is 16.5. The number of fused-ring (bicyclic) bond motifs is 1. The molecule has 1 aromatic heterocycles. The van der Waals surface area contributed by atoms with Gasteiger partial charge < -0.3 is 9.84 Å². The second-order valence-corrected chi connectivity index (χ2v) is 3.54. The van der Waals surface area contributed by atoms with Crippen molar-refractivity contribution in [1.29, 1.82) is 0 Å². The van der Waals surface area contributed by atoms with Crippen LogP contribution in [-0.4, -0.2) is 27.5 Å². The monoisotopic (exact) mass is 210 g/mol. The van der Waals surface area contributed by atoms with Gasteiger partial charge in [0.2, 0.25) is 0 Å². The largest absolute Gasteiger partial charge is 0.478 e. The van der Waals surface area contributed by atoms with Crippen LogP contribution in [0.15, 0.2) is 0 Å². The smallest absolute Gasteiger partial charge is 0.339 e. The summed E-state index contributed by atoms with van der Waals surface area (Å²) >= 11 is 0. The van der Waals surface area contributed by atoms with Gasteiger partial charge in [-0.3, -0.25) is 4.68 Å². The molecule has 15 heavy (non-hydrogen) atoms. The molecule has 0 atom stereocenters. The molecule has 0 bridgehead atoms. The minimum absolute atomic E-state index is 0.290. The van der Waals surface area contributed by atoms with Gasteiger partial charge in [-0.05, 0) is 19.8 Å². The first kappa shape index (κ1) is 10.2. The Bertz CT molecular complexity index is 384. The molecular weight excluding hydrogens is 196 g/mol. The van der Waals surface area contributed by atoms with Crippen molar-refractivity contribution in [1.82, 2.24) is 9.78 Å². The number of ether oxygens (including phenoxy) is 1. The second kappa shape index (κ2) is 4.02. The summed E-state index contributed by atoms with van der Waals surface area (Å²) in [6.45, 7) is 3.56. The van der Waals surface area contributed by atoms with E-state index in [1.807, 2.05) is 6.92 Å². The predicted octanol–water partition coefficient (Wildman–Crippen LogP) is 1.06. The number of hydrogen-bond acceptors (Lipinski definition) is 3. The lowest BCUT2D eigenvalue weighted by molar-refractivity contribution is 0.0687. The van der Waals surface area contributed by atoms with Gasteiger partial charge in [-0.1, -0.05) is 0 Å². The highest BCUT2D eigenvalue weighted by Crippen LogP contribution is 2.22. The zero-order chi connectivity index (χ0) is 10.8. The number of rotatable bonds is 4. The molecule has 82 valence electrons. The zero-order valence-electron chi connectivity index (χ0n) is 8.69. The van der Waals surface area contributed by atoms with Gasteiger partial charge in [-0.15, -0.1) is 0 Å². The summed E-state index contributed by atoms with van der Waals surface area (Å²) < 4.78 is 7.00.